The Morgan fingerprint density at radius 3 is 2.37 bits per heavy atom. The molecule has 0 bridgehead atoms. The topological polar surface area (TPSA) is 29.9 Å². The Morgan fingerprint density at radius 2 is 1.60 bits per heavy atom. The molecule has 0 spiro atoms. The van der Waals surface area contributed by atoms with E-state index in [1.165, 1.54) is 6.07 Å². The summed E-state index contributed by atoms with van der Waals surface area (Å²) in [4.78, 5) is 4.53. The average Bonchev–Trinajstić information content (AvgIpc) is 3.08. The smallest absolute Gasteiger partial charge is 0.227 e. The van der Waals surface area contributed by atoms with Crippen LogP contribution >= 0.6 is 0 Å². The highest BCUT2D eigenvalue weighted by atomic mass is 19.2. The summed E-state index contributed by atoms with van der Waals surface area (Å²) in [5.41, 5.74) is 6.76. The van der Waals surface area contributed by atoms with Crippen LogP contribution in [0.15, 0.2) is 65.2 Å². The van der Waals surface area contributed by atoms with Gasteiger partial charge in [-0.1, -0.05) is 18.2 Å². The third-order valence-corrected chi connectivity index (χ3v) is 5.50. The second-order valence-corrected chi connectivity index (χ2v) is 7.58. The molecule has 0 aliphatic heterocycles. The minimum atomic E-state index is -0.857. The molecule has 0 saturated heterocycles. The molecule has 0 radical (unpaired) electrons. The van der Waals surface area contributed by atoms with Gasteiger partial charge in [0.25, 0.3) is 0 Å². The fraction of sp³-hybridized carbons (Fsp3) is 0.120. The molecule has 5 heteroatoms. The highest BCUT2D eigenvalue weighted by Crippen LogP contribution is 2.36. The molecule has 0 N–H and O–H groups in total. The number of halogens is 2. The van der Waals surface area contributed by atoms with E-state index >= 15 is 0 Å². The van der Waals surface area contributed by atoms with Crippen LogP contribution in [-0.2, 0) is 7.05 Å². The number of hydrogen-bond acceptors (Lipinski definition) is 2. The standard InChI is InChI=1S/C25H19F2N2O/c1-14-4-8-18-19-9-5-15(2)28-25(19)30-24(18)23(14)22-11-7-17(13-29(22)3)16-6-10-20(26)21(27)12-16/h4-13H,1-3H3/q+1. The largest absolute Gasteiger partial charge is 0.437 e. The first kappa shape index (κ1) is 18.4. The van der Waals surface area contributed by atoms with E-state index in [0.717, 1.165) is 50.5 Å². The van der Waals surface area contributed by atoms with Gasteiger partial charge in [0.2, 0.25) is 11.4 Å². The molecule has 0 amide bonds. The molecule has 0 unspecified atom stereocenters. The summed E-state index contributed by atoms with van der Waals surface area (Å²) in [5, 5.41) is 2.00. The lowest BCUT2D eigenvalue weighted by Gasteiger charge is -2.07. The quantitative estimate of drug-likeness (QED) is 0.338. The van der Waals surface area contributed by atoms with E-state index in [0.29, 0.717) is 11.3 Å². The molecule has 5 rings (SSSR count). The maximum atomic E-state index is 13.7. The average molecular weight is 401 g/mol. The number of rotatable bonds is 2. The fourth-order valence-corrected chi connectivity index (χ4v) is 3.94. The summed E-state index contributed by atoms with van der Waals surface area (Å²) in [5.74, 6) is -1.71. The highest BCUT2D eigenvalue weighted by Gasteiger charge is 2.21. The molecule has 3 nitrogen and oxygen atoms in total. The second-order valence-electron chi connectivity index (χ2n) is 7.58. The minimum Gasteiger partial charge on any atom is -0.437 e. The Kier molecular flexibility index (Phi) is 4.13. The van der Waals surface area contributed by atoms with Crippen molar-refractivity contribution in [1.82, 2.24) is 4.98 Å². The van der Waals surface area contributed by atoms with Gasteiger partial charge in [-0.3, -0.25) is 0 Å². The van der Waals surface area contributed by atoms with E-state index in [-0.39, 0.29) is 0 Å². The predicted octanol–water partition coefficient (Wildman–Crippen LogP) is 6.03. The van der Waals surface area contributed by atoms with Gasteiger partial charge in [-0.05, 0) is 55.3 Å². The van der Waals surface area contributed by atoms with Gasteiger partial charge in [0.15, 0.2) is 23.4 Å². The lowest BCUT2D eigenvalue weighted by Crippen LogP contribution is -2.31. The number of aromatic nitrogens is 2. The van der Waals surface area contributed by atoms with Crippen LogP contribution in [-0.4, -0.2) is 4.98 Å². The molecule has 0 fully saturated rings. The summed E-state index contributed by atoms with van der Waals surface area (Å²) in [7, 11) is 1.93. The number of benzene rings is 2. The molecular weight excluding hydrogens is 382 g/mol. The highest BCUT2D eigenvalue weighted by molar-refractivity contribution is 6.08. The minimum absolute atomic E-state index is 0.620. The molecule has 30 heavy (non-hydrogen) atoms. The van der Waals surface area contributed by atoms with Crippen molar-refractivity contribution >= 4 is 22.1 Å². The summed E-state index contributed by atoms with van der Waals surface area (Å²) in [6.45, 7) is 3.99. The Hall–Kier alpha value is -3.60. The molecule has 0 saturated carbocycles. The van der Waals surface area contributed by atoms with Crippen molar-refractivity contribution in [3.63, 3.8) is 0 Å². The normalized spacial score (nSPS) is 11.5. The first-order chi connectivity index (χ1) is 14.4. The summed E-state index contributed by atoms with van der Waals surface area (Å²) >= 11 is 0. The van der Waals surface area contributed by atoms with Gasteiger partial charge >= 0.3 is 0 Å². The van der Waals surface area contributed by atoms with Crippen molar-refractivity contribution in [3.05, 3.63) is 83.7 Å². The van der Waals surface area contributed by atoms with Crippen LogP contribution in [0, 0.1) is 25.5 Å². The van der Waals surface area contributed by atoms with Crippen LogP contribution in [0.1, 0.15) is 11.3 Å². The van der Waals surface area contributed by atoms with Gasteiger partial charge in [0.05, 0.1) is 5.56 Å². The molecule has 2 aromatic carbocycles. The molecule has 3 aromatic heterocycles. The Balaban J connectivity index is 1.71. The third-order valence-electron chi connectivity index (χ3n) is 5.50. The summed E-state index contributed by atoms with van der Waals surface area (Å²) in [6, 6.07) is 16.0. The van der Waals surface area contributed by atoms with Crippen molar-refractivity contribution < 1.29 is 17.8 Å². The first-order valence-corrected chi connectivity index (χ1v) is 9.67. The third kappa shape index (κ3) is 2.86. The molecule has 0 aliphatic carbocycles. The molecular formula is C25H19F2N2O+. The number of fused-ring (bicyclic) bond motifs is 3. The summed E-state index contributed by atoms with van der Waals surface area (Å²) < 4.78 is 35.1. The zero-order chi connectivity index (χ0) is 21.0. The maximum absolute atomic E-state index is 13.7. The van der Waals surface area contributed by atoms with Crippen molar-refractivity contribution in [1.29, 1.82) is 0 Å². The molecule has 148 valence electrons. The fourth-order valence-electron chi connectivity index (χ4n) is 3.94. The van der Waals surface area contributed by atoms with Crippen molar-refractivity contribution in [3.8, 4) is 22.4 Å². The van der Waals surface area contributed by atoms with Gasteiger partial charge < -0.3 is 4.42 Å². The van der Waals surface area contributed by atoms with Crippen LogP contribution in [0.2, 0.25) is 0 Å². The zero-order valence-corrected chi connectivity index (χ0v) is 16.8. The number of pyridine rings is 2. The molecule has 3 heterocycles. The first-order valence-electron chi connectivity index (χ1n) is 9.67. The number of nitrogens with zero attached hydrogens (tertiary/aromatic N) is 2. The van der Waals surface area contributed by atoms with E-state index in [1.807, 2.05) is 55.9 Å². The Bertz CT molecular complexity index is 1450. The van der Waals surface area contributed by atoms with Gasteiger partial charge in [0, 0.05) is 28.1 Å². The molecule has 5 aromatic rings. The van der Waals surface area contributed by atoms with E-state index < -0.39 is 11.6 Å². The van der Waals surface area contributed by atoms with Crippen LogP contribution in [0.3, 0.4) is 0 Å². The van der Waals surface area contributed by atoms with Gasteiger partial charge in [-0.2, -0.15) is 0 Å². The van der Waals surface area contributed by atoms with Crippen molar-refractivity contribution in [2.75, 3.05) is 0 Å². The Labute approximate surface area is 172 Å². The number of hydrogen-bond donors (Lipinski definition) is 0. The van der Waals surface area contributed by atoms with E-state index in [1.54, 1.807) is 6.07 Å². The predicted molar refractivity (Wildman–Crippen MR) is 113 cm³/mol. The van der Waals surface area contributed by atoms with Crippen LogP contribution in [0.4, 0.5) is 8.78 Å². The van der Waals surface area contributed by atoms with Crippen LogP contribution in [0.5, 0.6) is 0 Å². The van der Waals surface area contributed by atoms with Crippen molar-refractivity contribution in [2.45, 2.75) is 13.8 Å². The van der Waals surface area contributed by atoms with Gasteiger partial charge in [0.1, 0.15) is 7.05 Å². The lowest BCUT2D eigenvalue weighted by molar-refractivity contribution is -0.659. The number of aryl methyl sites for hydroxylation is 3. The van der Waals surface area contributed by atoms with Crippen LogP contribution < -0.4 is 4.57 Å². The van der Waals surface area contributed by atoms with Crippen LogP contribution in [0.25, 0.3) is 44.5 Å². The monoisotopic (exact) mass is 401 g/mol. The van der Waals surface area contributed by atoms with Crippen molar-refractivity contribution in [2.24, 2.45) is 7.05 Å². The van der Waals surface area contributed by atoms with E-state index in [2.05, 4.69) is 17.1 Å². The summed E-state index contributed by atoms with van der Waals surface area (Å²) in [6.07, 6.45) is 1.91. The van der Waals surface area contributed by atoms with Gasteiger partial charge in [-0.25, -0.2) is 18.3 Å². The number of furan rings is 1. The maximum Gasteiger partial charge on any atom is 0.227 e. The Morgan fingerprint density at radius 1 is 0.833 bits per heavy atom. The van der Waals surface area contributed by atoms with Gasteiger partial charge in [-0.15, -0.1) is 0 Å². The second kappa shape index (κ2) is 6.73. The molecule has 0 aliphatic rings. The van der Waals surface area contributed by atoms with E-state index in [9.17, 15) is 8.78 Å². The SMILES string of the molecule is Cc1ccc2c(n1)oc1c(-c3ccc(-c4ccc(F)c(F)c4)c[n+]3C)c(C)ccc12. The zero-order valence-electron chi connectivity index (χ0n) is 16.8. The lowest BCUT2D eigenvalue weighted by atomic mass is 9.99. The van der Waals surface area contributed by atoms with E-state index in [4.69, 9.17) is 4.42 Å². The molecule has 0 atom stereocenters.